The van der Waals surface area contributed by atoms with Gasteiger partial charge in [-0.15, -0.1) is 0 Å². The van der Waals surface area contributed by atoms with Crippen molar-refractivity contribution in [1.82, 2.24) is 9.55 Å². The van der Waals surface area contributed by atoms with Crippen LogP contribution >= 0.6 is 27.7 Å². The molecule has 7 nitrogen and oxygen atoms in total. The molecular weight excluding hydrogens is 470 g/mol. The van der Waals surface area contributed by atoms with Crippen LogP contribution in [0.2, 0.25) is 0 Å². The summed E-state index contributed by atoms with van der Waals surface area (Å²) in [4.78, 5) is 30.1. The number of carbonyl (C=O) groups is 1. The Kier molecular flexibility index (Phi) is 7.38. The van der Waals surface area contributed by atoms with Crippen molar-refractivity contribution in [1.29, 1.82) is 0 Å². The standard InChI is InChI=1S/C21H22BrN3O4S/c1-4-9-25-20(27)15-10-13(22)5-7-16(15)24-21(25)30-12-19(26)23-17-8-6-14(28-2)11-18(17)29-3/h5-8,10-11H,4,9,12H2,1-3H3,(H,23,26). The zero-order valence-corrected chi connectivity index (χ0v) is 19.3. The van der Waals surface area contributed by atoms with E-state index >= 15 is 0 Å². The first-order valence-corrected chi connectivity index (χ1v) is 11.1. The molecule has 0 saturated heterocycles. The summed E-state index contributed by atoms with van der Waals surface area (Å²) in [5, 5.41) is 3.90. The number of amides is 1. The van der Waals surface area contributed by atoms with E-state index in [0.717, 1.165) is 10.9 Å². The Hall–Kier alpha value is -2.52. The van der Waals surface area contributed by atoms with Crippen LogP contribution in [0.3, 0.4) is 0 Å². The molecule has 0 unspecified atom stereocenters. The van der Waals surface area contributed by atoms with Crippen molar-refractivity contribution in [2.45, 2.75) is 25.0 Å². The second kappa shape index (κ2) is 9.99. The van der Waals surface area contributed by atoms with Gasteiger partial charge in [0.2, 0.25) is 5.91 Å². The maximum Gasteiger partial charge on any atom is 0.262 e. The van der Waals surface area contributed by atoms with E-state index < -0.39 is 0 Å². The second-order valence-electron chi connectivity index (χ2n) is 6.42. The van der Waals surface area contributed by atoms with Gasteiger partial charge in [-0.2, -0.15) is 0 Å². The maximum atomic E-state index is 12.9. The van der Waals surface area contributed by atoms with E-state index in [1.165, 1.54) is 18.9 Å². The zero-order chi connectivity index (χ0) is 21.7. The van der Waals surface area contributed by atoms with Gasteiger partial charge in [-0.3, -0.25) is 14.2 Å². The number of rotatable bonds is 8. The number of aromatic nitrogens is 2. The zero-order valence-electron chi connectivity index (χ0n) is 16.9. The molecule has 30 heavy (non-hydrogen) atoms. The quantitative estimate of drug-likeness (QED) is 0.373. The van der Waals surface area contributed by atoms with E-state index in [2.05, 4.69) is 26.2 Å². The Bertz CT molecular complexity index is 1130. The minimum atomic E-state index is -0.225. The number of carbonyl (C=O) groups excluding carboxylic acids is 1. The number of thioether (sulfide) groups is 1. The molecule has 0 radical (unpaired) electrons. The molecule has 2 aromatic carbocycles. The minimum Gasteiger partial charge on any atom is -0.497 e. The monoisotopic (exact) mass is 491 g/mol. The van der Waals surface area contributed by atoms with Gasteiger partial charge in [0.25, 0.3) is 5.56 Å². The van der Waals surface area contributed by atoms with Crippen LogP contribution in [-0.2, 0) is 11.3 Å². The van der Waals surface area contributed by atoms with E-state index in [1.807, 2.05) is 13.0 Å². The highest BCUT2D eigenvalue weighted by atomic mass is 79.9. The van der Waals surface area contributed by atoms with Crippen LogP contribution in [0.15, 0.2) is 50.8 Å². The molecule has 1 N–H and O–H groups in total. The lowest BCUT2D eigenvalue weighted by Crippen LogP contribution is -2.24. The number of anilines is 1. The largest absolute Gasteiger partial charge is 0.497 e. The molecule has 158 valence electrons. The van der Waals surface area contributed by atoms with Crippen molar-refractivity contribution in [2.24, 2.45) is 0 Å². The maximum absolute atomic E-state index is 12.9. The molecule has 0 spiro atoms. The van der Waals surface area contributed by atoms with Gasteiger partial charge in [-0.25, -0.2) is 4.98 Å². The first-order valence-electron chi connectivity index (χ1n) is 9.31. The van der Waals surface area contributed by atoms with Crippen LogP contribution < -0.4 is 20.3 Å². The number of hydrogen-bond donors (Lipinski definition) is 1. The summed E-state index contributed by atoms with van der Waals surface area (Å²) in [5.41, 5.74) is 1.05. The van der Waals surface area contributed by atoms with Crippen LogP contribution in [0.5, 0.6) is 11.5 Å². The lowest BCUT2D eigenvalue weighted by atomic mass is 10.2. The number of methoxy groups -OCH3 is 2. The van der Waals surface area contributed by atoms with Gasteiger partial charge in [-0.1, -0.05) is 34.6 Å². The van der Waals surface area contributed by atoms with E-state index in [-0.39, 0.29) is 17.2 Å². The summed E-state index contributed by atoms with van der Waals surface area (Å²) in [6.45, 7) is 2.53. The smallest absolute Gasteiger partial charge is 0.262 e. The Balaban J connectivity index is 1.81. The van der Waals surface area contributed by atoms with Crippen molar-refractivity contribution in [3.63, 3.8) is 0 Å². The lowest BCUT2D eigenvalue weighted by Gasteiger charge is -2.13. The molecular formula is C21H22BrN3O4S. The average Bonchev–Trinajstić information content (AvgIpc) is 2.75. The Morgan fingerprint density at radius 1 is 1.20 bits per heavy atom. The molecule has 0 fully saturated rings. The first-order chi connectivity index (χ1) is 14.5. The SMILES string of the molecule is CCCn1c(SCC(=O)Nc2ccc(OC)cc2OC)nc2ccc(Br)cc2c1=O. The van der Waals surface area contributed by atoms with Gasteiger partial charge in [0.15, 0.2) is 5.16 Å². The van der Waals surface area contributed by atoms with Gasteiger partial charge in [0.05, 0.1) is 36.6 Å². The fourth-order valence-corrected chi connectivity index (χ4v) is 4.11. The highest BCUT2D eigenvalue weighted by Crippen LogP contribution is 2.29. The van der Waals surface area contributed by atoms with Crippen LogP contribution in [0.25, 0.3) is 10.9 Å². The van der Waals surface area contributed by atoms with Crippen LogP contribution in [-0.4, -0.2) is 35.4 Å². The van der Waals surface area contributed by atoms with Crippen molar-refractivity contribution >= 4 is 50.2 Å². The molecule has 9 heteroatoms. The number of nitrogens with zero attached hydrogens (tertiary/aromatic N) is 2. The fourth-order valence-electron chi connectivity index (χ4n) is 2.92. The summed E-state index contributed by atoms with van der Waals surface area (Å²) in [6.07, 6.45) is 0.782. The Labute approximate surface area is 186 Å². The average molecular weight is 492 g/mol. The summed E-state index contributed by atoms with van der Waals surface area (Å²) in [6, 6.07) is 10.6. The van der Waals surface area contributed by atoms with Gasteiger partial charge < -0.3 is 14.8 Å². The number of fused-ring (bicyclic) bond motifs is 1. The minimum absolute atomic E-state index is 0.105. The third kappa shape index (κ3) is 4.96. The summed E-state index contributed by atoms with van der Waals surface area (Å²) in [7, 11) is 3.09. The molecule has 3 aromatic rings. The fraction of sp³-hybridized carbons (Fsp3) is 0.286. The van der Waals surface area contributed by atoms with Gasteiger partial charge in [0.1, 0.15) is 11.5 Å². The summed E-state index contributed by atoms with van der Waals surface area (Å²) >= 11 is 4.63. The molecule has 0 aliphatic heterocycles. The third-order valence-corrected chi connectivity index (χ3v) is 5.81. The molecule has 1 heterocycles. The van der Waals surface area contributed by atoms with E-state index in [0.29, 0.717) is 39.8 Å². The number of benzene rings is 2. The van der Waals surface area contributed by atoms with E-state index in [9.17, 15) is 9.59 Å². The normalized spacial score (nSPS) is 10.8. The summed E-state index contributed by atoms with van der Waals surface area (Å²) < 4.78 is 12.9. The van der Waals surface area contributed by atoms with Gasteiger partial charge in [-0.05, 0) is 36.8 Å². The predicted octanol–water partition coefficient (Wildman–Crippen LogP) is 4.32. The Morgan fingerprint density at radius 3 is 2.70 bits per heavy atom. The number of ether oxygens (including phenoxy) is 2. The number of hydrogen-bond acceptors (Lipinski definition) is 6. The molecule has 1 amide bonds. The van der Waals surface area contributed by atoms with Crippen LogP contribution in [0, 0.1) is 0 Å². The number of halogens is 1. The van der Waals surface area contributed by atoms with Crippen LogP contribution in [0.1, 0.15) is 13.3 Å². The Morgan fingerprint density at radius 2 is 2.00 bits per heavy atom. The van der Waals surface area contributed by atoms with E-state index in [1.54, 1.807) is 42.0 Å². The molecule has 1 aromatic heterocycles. The summed E-state index contributed by atoms with van der Waals surface area (Å²) in [5.74, 6) is 1.02. The topological polar surface area (TPSA) is 82.5 Å². The van der Waals surface area contributed by atoms with E-state index in [4.69, 9.17) is 9.47 Å². The molecule has 0 atom stereocenters. The van der Waals surface area contributed by atoms with Gasteiger partial charge >= 0.3 is 0 Å². The van der Waals surface area contributed by atoms with Crippen molar-refractivity contribution in [2.75, 3.05) is 25.3 Å². The van der Waals surface area contributed by atoms with Crippen LogP contribution in [0.4, 0.5) is 5.69 Å². The molecule has 0 aliphatic rings. The highest BCUT2D eigenvalue weighted by Gasteiger charge is 2.14. The molecule has 0 bridgehead atoms. The van der Waals surface area contributed by atoms with Crippen molar-refractivity contribution < 1.29 is 14.3 Å². The first kappa shape index (κ1) is 22.2. The molecule has 0 aliphatic carbocycles. The highest BCUT2D eigenvalue weighted by molar-refractivity contribution is 9.10. The molecule has 3 rings (SSSR count). The van der Waals surface area contributed by atoms with Crippen molar-refractivity contribution in [3.05, 3.63) is 51.2 Å². The second-order valence-corrected chi connectivity index (χ2v) is 8.27. The predicted molar refractivity (Wildman–Crippen MR) is 123 cm³/mol. The lowest BCUT2D eigenvalue weighted by molar-refractivity contribution is -0.113. The molecule has 0 saturated carbocycles. The van der Waals surface area contributed by atoms with Crippen molar-refractivity contribution in [3.8, 4) is 11.5 Å². The number of nitrogens with one attached hydrogen (secondary N) is 1. The van der Waals surface area contributed by atoms with Gasteiger partial charge in [0, 0.05) is 17.1 Å². The third-order valence-electron chi connectivity index (χ3n) is 4.34.